The number of rotatable bonds is 7. The van der Waals surface area contributed by atoms with Crippen LogP contribution in [-0.2, 0) is 16.2 Å². The lowest BCUT2D eigenvalue weighted by atomic mass is 9.81. The molecule has 2 amide bonds. The van der Waals surface area contributed by atoms with Gasteiger partial charge in [-0.25, -0.2) is 4.39 Å². The molecule has 2 atom stereocenters. The number of oxime groups is 1. The van der Waals surface area contributed by atoms with Crippen LogP contribution in [0.1, 0.15) is 77.5 Å². The maximum atomic E-state index is 13.5. The SMILES string of the molecule is Cc1cc(CNC(=O)c2cc(C3=NOC(C4CCC(NC(=O)C(C)O)CC4)C3)nc(C)c2C)ccc1F. The molecule has 0 bridgehead atoms. The number of carbonyl (C=O) groups is 2. The van der Waals surface area contributed by atoms with Crippen molar-refractivity contribution < 1.29 is 23.9 Å². The fourth-order valence-corrected chi connectivity index (χ4v) is 4.97. The number of pyridine rings is 1. The average molecular weight is 511 g/mol. The predicted octanol–water partition coefficient (Wildman–Crippen LogP) is 3.62. The third-order valence-electron chi connectivity index (χ3n) is 7.45. The zero-order chi connectivity index (χ0) is 26.7. The molecule has 2 unspecified atom stereocenters. The van der Waals surface area contributed by atoms with Gasteiger partial charge in [-0.2, -0.15) is 0 Å². The fraction of sp³-hybridized carbons (Fsp3) is 0.500. The lowest BCUT2D eigenvalue weighted by molar-refractivity contribution is -0.129. The molecule has 1 aromatic heterocycles. The quantitative estimate of drug-likeness (QED) is 0.527. The van der Waals surface area contributed by atoms with E-state index in [4.69, 9.17) is 4.84 Å². The van der Waals surface area contributed by atoms with Crippen LogP contribution in [0.2, 0.25) is 0 Å². The highest BCUT2D eigenvalue weighted by atomic mass is 19.1. The van der Waals surface area contributed by atoms with Crippen LogP contribution in [0.5, 0.6) is 0 Å². The van der Waals surface area contributed by atoms with Crippen molar-refractivity contribution in [1.82, 2.24) is 15.6 Å². The van der Waals surface area contributed by atoms with Gasteiger partial charge in [0.2, 0.25) is 5.91 Å². The highest BCUT2D eigenvalue weighted by Gasteiger charge is 2.34. The average Bonchev–Trinajstić information content (AvgIpc) is 3.37. The van der Waals surface area contributed by atoms with Crippen LogP contribution < -0.4 is 10.6 Å². The summed E-state index contributed by atoms with van der Waals surface area (Å²) >= 11 is 0. The first-order valence-corrected chi connectivity index (χ1v) is 12.8. The van der Waals surface area contributed by atoms with E-state index in [2.05, 4.69) is 20.8 Å². The van der Waals surface area contributed by atoms with Gasteiger partial charge >= 0.3 is 0 Å². The number of carbonyl (C=O) groups excluding carboxylic acids is 2. The number of aliphatic hydroxyl groups is 1. The Morgan fingerprint density at radius 2 is 1.89 bits per heavy atom. The maximum Gasteiger partial charge on any atom is 0.251 e. The molecule has 0 saturated heterocycles. The molecular weight excluding hydrogens is 475 g/mol. The zero-order valence-electron chi connectivity index (χ0n) is 21.8. The summed E-state index contributed by atoms with van der Waals surface area (Å²) in [6.07, 6.45) is 3.00. The van der Waals surface area contributed by atoms with Crippen LogP contribution in [-0.4, -0.2) is 45.9 Å². The summed E-state index contributed by atoms with van der Waals surface area (Å²) in [4.78, 5) is 35.3. The number of hydrogen-bond donors (Lipinski definition) is 3. The van der Waals surface area contributed by atoms with E-state index in [0.717, 1.165) is 48.2 Å². The van der Waals surface area contributed by atoms with E-state index in [1.807, 2.05) is 13.8 Å². The maximum absolute atomic E-state index is 13.5. The van der Waals surface area contributed by atoms with E-state index in [0.29, 0.717) is 35.7 Å². The Kier molecular flexibility index (Phi) is 8.22. The first kappa shape index (κ1) is 26.7. The second-order valence-electron chi connectivity index (χ2n) is 10.2. The van der Waals surface area contributed by atoms with E-state index in [-0.39, 0.29) is 29.8 Å². The summed E-state index contributed by atoms with van der Waals surface area (Å²) < 4.78 is 13.5. The topological polar surface area (TPSA) is 113 Å². The zero-order valence-corrected chi connectivity index (χ0v) is 21.8. The smallest absolute Gasteiger partial charge is 0.251 e. The van der Waals surface area contributed by atoms with Crippen LogP contribution in [0.15, 0.2) is 29.4 Å². The molecule has 1 saturated carbocycles. The Labute approximate surface area is 216 Å². The van der Waals surface area contributed by atoms with Gasteiger partial charge in [0.15, 0.2) is 0 Å². The first-order valence-electron chi connectivity index (χ1n) is 12.8. The molecule has 2 aromatic rings. The molecule has 4 rings (SSSR count). The van der Waals surface area contributed by atoms with Crippen molar-refractivity contribution in [3.8, 4) is 0 Å². The van der Waals surface area contributed by atoms with Crippen LogP contribution in [0.3, 0.4) is 0 Å². The number of aromatic nitrogens is 1. The van der Waals surface area contributed by atoms with Crippen molar-refractivity contribution in [2.24, 2.45) is 11.1 Å². The molecular formula is C28H35FN4O4. The molecule has 2 aliphatic rings. The molecule has 198 valence electrons. The van der Waals surface area contributed by atoms with Gasteiger partial charge in [-0.05, 0) is 88.1 Å². The highest BCUT2D eigenvalue weighted by Crippen LogP contribution is 2.33. The van der Waals surface area contributed by atoms with Gasteiger partial charge in [0.25, 0.3) is 5.91 Å². The molecule has 2 heterocycles. The van der Waals surface area contributed by atoms with Gasteiger partial charge in [-0.3, -0.25) is 14.6 Å². The summed E-state index contributed by atoms with van der Waals surface area (Å²) in [5, 5.41) is 19.6. The molecule has 3 N–H and O–H groups in total. The van der Waals surface area contributed by atoms with Gasteiger partial charge in [0.05, 0.1) is 5.69 Å². The number of aryl methyl sites for hydroxylation is 2. The normalized spacial score (nSPS) is 22.1. The van der Waals surface area contributed by atoms with Gasteiger partial charge in [-0.15, -0.1) is 0 Å². The van der Waals surface area contributed by atoms with Crippen molar-refractivity contribution in [3.63, 3.8) is 0 Å². The number of nitrogens with zero attached hydrogens (tertiary/aromatic N) is 2. The second kappa shape index (κ2) is 11.4. The molecule has 1 fully saturated rings. The van der Waals surface area contributed by atoms with Crippen molar-refractivity contribution in [2.45, 2.75) is 84.6 Å². The lowest BCUT2D eigenvalue weighted by Crippen LogP contribution is -2.43. The standard InChI is InChI=1S/C28H35FN4O4/c1-15-11-19(5-10-23(15)29)14-30-28(36)22-12-24(31-17(3)16(22)2)25-13-26(37-33-25)20-6-8-21(9-7-20)32-27(35)18(4)34/h5,10-12,18,20-21,26,34H,6-9,13-14H2,1-4H3,(H,30,36)(H,32,35). The summed E-state index contributed by atoms with van der Waals surface area (Å²) in [6, 6.07) is 6.63. The minimum Gasteiger partial charge on any atom is -0.391 e. The van der Waals surface area contributed by atoms with E-state index in [9.17, 15) is 19.1 Å². The minimum absolute atomic E-state index is 0.0641. The Bertz CT molecular complexity index is 1200. The van der Waals surface area contributed by atoms with Gasteiger partial charge in [-0.1, -0.05) is 17.3 Å². The van der Waals surface area contributed by atoms with Crippen molar-refractivity contribution in [3.05, 3.63) is 63.7 Å². The monoisotopic (exact) mass is 510 g/mol. The van der Waals surface area contributed by atoms with Crippen LogP contribution in [0.25, 0.3) is 0 Å². The number of benzene rings is 1. The molecule has 0 spiro atoms. The van der Waals surface area contributed by atoms with E-state index in [1.165, 1.54) is 13.0 Å². The Hall–Kier alpha value is -3.33. The molecule has 37 heavy (non-hydrogen) atoms. The molecule has 8 nitrogen and oxygen atoms in total. The van der Waals surface area contributed by atoms with Crippen LogP contribution >= 0.6 is 0 Å². The molecule has 1 aliphatic heterocycles. The van der Waals surface area contributed by atoms with E-state index >= 15 is 0 Å². The van der Waals surface area contributed by atoms with Crippen molar-refractivity contribution >= 4 is 17.5 Å². The highest BCUT2D eigenvalue weighted by molar-refractivity contribution is 6.03. The molecule has 0 radical (unpaired) electrons. The molecule has 1 aromatic carbocycles. The lowest BCUT2D eigenvalue weighted by Gasteiger charge is -2.31. The Morgan fingerprint density at radius 1 is 1.16 bits per heavy atom. The summed E-state index contributed by atoms with van der Waals surface area (Å²) in [6.45, 7) is 7.20. The molecule has 1 aliphatic carbocycles. The number of amides is 2. The van der Waals surface area contributed by atoms with Crippen LogP contribution in [0.4, 0.5) is 4.39 Å². The van der Waals surface area contributed by atoms with E-state index in [1.54, 1.807) is 25.1 Å². The fourth-order valence-electron chi connectivity index (χ4n) is 4.97. The third-order valence-corrected chi connectivity index (χ3v) is 7.45. The van der Waals surface area contributed by atoms with Gasteiger partial charge in [0.1, 0.15) is 23.7 Å². The Morgan fingerprint density at radius 3 is 2.57 bits per heavy atom. The minimum atomic E-state index is -1.00. The van der Waals surface area contributed by atoms with Gasteiger partial charge in [0, 0.05) is 30.3 Å². The first-order chi connectivity index (χ1) is 17.6. The van der Waals surface area contributed by atoms with Crippen LogP contribution in [0, 0.1) is 32.5 Å². The number of halogens is 1. The summed E-state index contributed by atoms with van der Waals surface area (Å²) in [5.74, 6) is -0.511. The summed E-state index contributed by atoms with van der Waals surface area (Å²) in [5.41, 5.74) is 4.80. The van der Waals surface area contributed by atoms with E-state index < -0.39 is 6.10 Å². The molecule has 9 heteroatoms. The summed E-state index contributed by atoms with van der Waals surface area (Å²) in [7, 11) is 0. The Balaban J connectivity index is 1.37. The van der Waals surface area contributed by atoms with Crippen molar-refractivity contribution in [2.75, 3.05) is 0 Å². The third kappa shape index (κ3) is 6.33. The number of aliphatic hydroxyl groups excluding tert-OH is 1. The predicted molar refractivity (Wildman–Crippen MR) is 138 cm³/mol. The second-order valence-corrected chi connectivity index (χ2v) is 10.2. The largest absolute Gasteiger partial charge is 0.391 e. The number of nitrogens with one attached hydrogen (secondary N) is 2. The van der Waals surface area contributed by atoms with Gasteiger partial charge < -0.3 is 20.6 Å². The number of hydrogen-bond acceptors (Lipinski definition) is 6. The van der Waals surface area contributed by atoms with Crippen molar-refractivity contribution in [1.29, 1.82) is 0 Å².